The summed E-state index contributed by atoms with van der Waals surface area (Å²) in [5, 5.41) is 28.8. The van der Waals surface area contributed by atoms with Crippen LogP contribution in [-0.4, -0.2) is 76.7 Å². The molecule has 3 aromatic heterocycles. The van der Waals surface area contributed by atoms with E-state index in [9.17, 15) is 14.7 Å². The fraction of sp³-hybridized carbons (Fsp3) is 0.395. The minimum atomic E-state index is -2.20. The van der Waals surface area contributed by atoms with Crippen LogP contribution in [-0.2, 0) is 22.3 Å². The van der Waals surface area contributed by atoms with Gasteiger partial charge in [-0.25, -0.2) is 9.48 Å². The van der Waals surface area contributed by atoms with Gasteiger partial charge in [-0.15, -0.1) is 16.4 Å². The molecule has 0 radical (unpaired) electrons. The molecular weight excluding hydrogens is 755 g/mol. The van der Waals surface area contributed by atoms with Crippen molar-refractivity contribution in [1.82, 2.24) is 30.2 Å². The van der Waals surface area contributed by atoms with Crippen molar-refractivity contribution < 1.29 is 19.1 Å². The Kier molecular flexibility index (Phi) is 12.3. The first kappa shape index (κ1) is 40.3. The van der Waals surface area contributed by atoms with Gasteiger partial charge in [-0.3, -0.25) is 10.1 Å². The van der Waals surface area contributed by atoms with Crippen LogP contribution in [0.15, 0.2) is 89.0 Å². The second-order valence-corrected chi connectivity index (χ2v) is 22.0. The molecule has 14 heteroatoms. The summed E-state index contributed by atoms with van der Waals surface area (Å²) in [7, 11) is -2.20. The molecule has 1 aliphatic rings. The Balaban J connectivity index is 0.892. The number of aryl methyl sites for hydroxylation is 1. The van der Waals surface area contributed by atoms with Gasteiger partial charge in [0.2, 0.25) is 5.56 Å². The number of hydrogen-bond acceptors (Lipinski definition) is 10. The summed E-state index contributed by atoms with van der Waals surface area (Å²) in [6, 6.07) is 25.0. The standard InChI is InChI=1S/C43H53N7O5SSi/c1-43(2,3)57(4,5)55-38(32-13-16-37(51)40-33(32)14-17-39(52)46-40)28-44-27-29-12-15-36-35(26-29)47-48-50(36)22-9-21-49-23-18-31(19-24-49)54-42(53)45-34-20-25-56-41(34)30-10-7-6-8-11-30/h6-8,10-17,20,25-26,31,38,44,51H,9,18-19,21-24,27-28H2,1-5H3,(H,45,53)(H,46,52)/t38-/m0/s1. The average Bonchev–Trinajstić information content (AvgIpc) is 3.82. The number of pyridine rings is 1. The van der Waals surface area contributed by atoms with Crippen LogP contribution in [0.4, 0.5) is 10.5 Å². The number of hydrogen-bond donors (Lipinski definition) is 4. The number of aromatic amines is 1. The van der Waals surface area contributed by atoms with Crippen LogP contribution in [0.5, 0.6) is 5.75 Å². The fourth-order valence-electron chi connectivity index (χ4n) is 7.13. The molecule has 0 spiro atoms. The summed E-state index contributed by atoms with van der Waals surface area (Å²) in [4.78, 5) is 31.1. The first-order chi connectivity index (χ1) is 27.3. The van der Waals surface area contributed by atoms with Crippen LogP contribution >= 0.6 is 11.3 Å². The lowest BCUT2D eigenvalue weighted by atomic mass is 10.0. The van der Waals surface area contributed by atoms with Crippen LogP contribution < -0.4 is 16.2 Å². The zero-order chi connectivity index (χ0) is 40.2. The number of aromatic nitrogens is 4. The number of nitrogens with zero attached hydrogens (tertiary/aromatic N) is 4. The van der Waals surface area contributed by atoms with Gasteiger partial charge in [0.05, 0.1) is 27.7 Å². The molecule has 300 valence electrons. The number of aromatic hydroxyl groups is 1. The van der Waals surface area contributed by atoms with Gasteiger partial charge in [0.15, 0.2) is 8.32 Å². The minimum absolute atomic E-state index is 0.00669. The van der Waals surface area contributed by atoms with Gasteiger partial charge in [0, 0.05) is 44.2 Å². The zero-order valence-corrected chi connectivity index (χ0v) is 35.2. The van der Waals surface area contributed by atoms with Gasteiger partial charge in [-0.1, -0.05) is 68.4 Å². The van der Waals surface area contributed by atoms with Crippen LogP contribution in [0.3, 0.4) is 0 Å². The van der Waals surface area contributed by atoms with E-state index in [1.54, 1.807) is 23.5 Å². The van der Waals surface area contributed by atoms with Gasteiger partial charge in [0.1, 0.15) is 17.4 Å². The highest BCUT2D eigenvalue weighted by atomic mass is 32.1. The summed E-state index contributed by atoms with van der Waals surface area (Å²) in [5.74, 6) is 0.0352. The molecule has 1 amide bonds. The number of benzene rings is 3. The number of rotatable bonds is 14. The van der Waals surface area contributed by atoms with Crippen molar-refractivity contribution >= 4 is 53.4 Å². The summed E-state index contributed by atoms with van der Waals surface area (Å²) < 4.78 is 14.8. The number of carbonyl (C=O) groups is 1. The largest absolute Gasteiger partial charge is 0.506 e. The maximum absolute atomic E-state index is 12.8. The number of ether oxygens (including phenoxy) is 1. The van der Waals surface area contributed by atoms with E-state index in [1.165, 1.54) is 6.07 Å². The van der Waals surface area contributed by atoms with Gasteiger partial charge >= 0.3 is 6.09 Å². The number of carbonyl (C=O) groups excluding carboxylic acids is 1. The van der Waals surface area contributed by atoms with Gasteiger partial charge < -0.3 is 29.5 Å². The predicted octanol–water partition coefficient (Wildman–Crippen LogP) is 8.66. The first-order valence-electron chi connectivity index (χ1n) is 19.7. The molecule has 0 aliphatic carbocycles. The molecule has 57 heavy (non-hydrogen) atoms. The summed E-state index contributed by atoms with van der Waals surface area (Å²) in [6.45, 7) is 15.7. The smallest absolute Gasteiger partial charge is 0.411 e. The number of thiophene rings is 1. The molecule has 1 atom stereocenters. The van der Waals surface area contributed by atoms with E-state index in [-0.39, 0.29) is 28.6 Å². The van der Waals surface area contributed by atoms with Crippen molar-refractivity contribution in [3.8, 4) is 16.2 Å². The van der Waals surface area contributed by atoms with E-state index in [1.807, 2.05) is 52.5 Å². The molecule has 3 aromatic carbocycles. The Labute approximate surface area is 338 Å². The second-order valence-electron chi connectivity index (χ2n) is 16.4. The molecule has 1 aliphatic heterocycles. The van der Waals surface area contributed by atoms with Crippen molar-refractivity contribution in [2.75, 3.05) is 31.5 Å². The maximum atomic E-state index is 12.8. The lowest BCUT2D eigenvalue weighted by Gasteiger charge is -2.39. The van der Waals surface area contributed by atoms with E-state index in [2.05, 4.69) is 82.9 Å². The number of nitrogens with one attached hydrogen (secondary N) is 3. The van der Waals surface area contributed by atoms with E-state index >= 15 is 0 Å². The molecule has 1 saturated heterocycles. The number of H-pyrrole nitrogens is 1. The Morgan fingerprint density at radius 2 is 1.82 bits per heavy atom. The van der Waals surface area contributed by atoms with Gasteiger partial charge in [-0.05, 0) is 96.3 Å². The normalized spacial score (nSPS) is 15.0. The van der Waals surface area contributed by atoms with Gasteiger partial charge in [0.25, 0.3) is 0 Å². The van der Waals surface area contributed by atoms with Crippen molar-refractivity contribution in [1.29, 1.82) is 0 Å². The third-order valence-electron chi connectivity index (χ3n) is 11.3. The summed E-state index contributed by atoms with van der Waals surface area (Å²) >= 11 is 1.60. The van der Waals surface area contributed by atoms with Crippen LogP contribution in [0.25, 0.3) is 32.4 Å². The molecule has 0 saturated carbocycles. The average molecular weight is 808 g/mol. The van der Waals surface area contributed by atoms with Crippen LogP contribution in [0.1, 0.15) is 57.3 Å². The topological polar surface area (TPSA) is 147 Å². The van der Waals surface area contributed by atoms with Crippen molar-refractivity contribution in [2.45, 2.75) is 83.5 Å². The fourth-order valence-corrected chi connectivity index (χ4v) is 9.27. The highest BCUT2D eigenvalue weighted by Gasteiger charge is 2.39. The van der Waals surface area contributed by atoms with Crippen molar-refractivity contribution in [2.24, 2.45) is 0 Å². The minimum Gasteiger partial charge on any atom is -0.506 e. The number of anilines is 1. The Bertz CT molecular complexity index is 2360. The molecule has 1 fully saturated rings. The maximum Gasteiger partial charge on any atom is 0.411 e. The second kappa shape index (κ2) is 17.3. The Morgan fingerprint density at radius 1 is 1.04 bits per heavy atom. The van der Waals surface area contributed by atoms with Gasteiger partial charge in [-0.2, -0.15) is 0 Å². The molecule has 12 nitrogen and oxygen atoms in total. The lowest BCUT2D eigenvalue weighted by Crippen LogP contribution is -2.43. The molecular formula is C43H53N7O5SSi. The third-order valence-corrected chi connectivity index (χ3v) is 16.8. The van der Waals surface area contributed by atoms with E-state index in [0.29, 0.717) is 18.6 Å². The Hall–Kier alpha value is -4.86. The third kappa shape index (κ3) is 9.65. The summed E-state index contributed by atoms with van der Waals surface area (Å²) in [6.07, 6.45) is 1.75. The monoisotopic (exact) mass is 807 g/mol. The molecule has 0 unspecified atom stereocenters. The number of fused-ring (bicyclic) bond motifs is 2. The van der Waals surface area contributed by atoms with Crippen LogP contribution in [0.2, 0.25) is 18.1 Å². The zero-order valence-electron chi connectivity index (χ0n) is 33.4. The SMILES string of the molecule is CC(C)(C)[Si](C)(C)O[C@@H](CNCc1ccc2c(c1)nnn2CCCN1CCC(OC(=O)Nc2ccsc2-c2ccccc2)CC1)c1ccc(O)c2[nH]c(=O)ccc12. The van der Waals surface area contributed by atoms with E-state index < -0.39 is 14.4 Å². The highest BCUT2D eigenvalue weighted by molar-refractivity contribution is 7.14. The summed E-state index contributed by atoms with van der Waals surface area (Å²) in [5.41, 5.74) is 5.87. The van der Waals surface area contributed by atoms with E-state index in [0.717, 1.165) is 89.1 Å². The number of piperidine rings is 1. The number of likely N-dealkylation sites (tertiary alicyclic amines) is 1. The molecule has 6 aromatic rings. The number of amides is 1. The number of phenolic OH excluding ortho intramolecular Hbond substituents is 1. The first-order valence-corrected chi connectivity index (χ1v) is 23.5. The molecule has 4 N–H and O–H groups in total. The van der Waals surface area contributed by atoms with Crippen molar-refractivity contribution in [3.63, 3.8) is 0 Å². The highest BCUT2D eigenvalue weighted by Crippen LogP contribution is 2.41. The molecule has 0 bridgehead atoms. The number of phenols is 1. The van der Waals surface area contributed by atoms with Crippen molar-refractivity contribution in [3.05, 3.63) is 106 Å². The predicted molar refractivity (Wildman–Crippen MR) is 230 cm³/mol. The quantitative estimate of drug-likeness (QED) is 0.0795. The molecule has 4 heterocycles. The lowest BCUT2D eigenvalue weighted by molar-refractivity contribution is 0.0583. The van der Waals surface area contributed by atoms with E-state index in [4.69, 9.17) is 9.16 Å². The Morgan fingerprint density at radius 3 is 2.60 bits per heavy atom. The molecule has 7 rings (SSSR count). The van der Waals surface area contributed by atoms with Crippen LogP contribution in [0, 0.1) is 0 Å².